The van der Waals surface area contributed by atoms with Crippen molar-refractivity contribution in [2.45, 2.75) is 20.3 Å². The van der Waals surface area contributed by atoms with E-state index in [2.05, 4.69) is 23.8 Å². The molecule has 0 fully saturated rings. The molecule has 6 heteroatoms. The highest BCUT2D eigenvalue weighted by Crippen LogP contribution is 2.16. The minimum absolute atomic E-state index is 0. The van der Waals surface area contributed by atoms with Crippen LogP contribution in [0.25, 0.3) is 0 Å². The van der Waals surface area contributed by atoms with Crippen LogP contribution in [-0.4, -0.2) is 55.5 Å². The van der Waals surface area contributed by atoms with Crippen LogP contribution in [0, 0.1) is 13.8 Å². The van der Waals surface area contributed by atoms with E-state index >= 15 is 0 Å². The van der Waals surface area contributed by atoms with E-state index in [1.165, 1.54) is 9.88 Å². The highest BCUT2D eigenvalue weighted by atomic mass is 127. The van der Waals surface area contributed by atoms with Gasteiger partial charge < -0.3 is 9.80 Å². The third-order valence-corrected chi connectivity index (χ3v) is 3.58. The van der Waals surface area contributed by atoms with Gasteiger partial charge in [-0.1, -0.05) is 0 Å². The Morgan fingerprint density at radius 2 is 1.72 bits per heavy atom. The molecule has 0 N–H and O–H groups in total. The average molecular weight is 382 g/mol. The van der Waals surface area contributed by atoms with Crippen molar-refractivity contribution < 1.29 is 0 Å². The van der Waals surface area contributed by atoms with Crippen molar-refractivity contribution in [3.8, 4) is 0 Å². The predicted octanol–water partition coefficient (Wildman–Crippen LogP) is 2.40. The topological polar surface area (TPSA) is 31.7 Å². The molecule has 0 unspecified atom stereocenters. The fourth-order valence-corrected chi connectivity index (χ4v) is 2.50. The lowest BCUT2D eigenvalue weighted by Gasteiger charge is -2.22. The summed E-state index contributed by atoms with van der Waals surface area (Å²) in [5.41, 5.74) is 1.15. The lowest BCUT2D eigenvalue weighted by Crippen LogP contribution is -2.35. The van der Waals surface area contributed by atoms with Crippen LogP contribution in [-0.2, 0) is 6.42 Å². The van der Waals surface area contributed by atoms with Crippen LogP contribution in [0.5, 0.6) is 0 Å². The largest absolute Gasteiger partial charge is 0.349 e. The number of rotatable bonds is 3. The molecule has 1 heterocycles. The summed E-state index contributed by atoms with van der Waals surface area (Å²) in [6.07, 6.45) is 0.921. The van der Waals surface area contributed by atoms with E-state index in [4.69, 9.17) is 0 Å². The van der Waals surface area contributed by atoms with Gasteiger partial charge in [-0.05, 0) is 13.8 Å². The Hall–Kier alpha value is -0.370. The number of aryl methyl sites for hydroxylation is 2. The predicted molar refractivity (Wildman–Crippen MR) is 90.4 cm³/mol. The monoisotopic (exact) mass is 382 g/mol. The van der Waals surface area contributed by atoms with Gasteiger partial charge in [0.05, 0.1) is 10.7 Å². The second-order valence-corrected chi connectivity index (χ2v) is 5.76. The summed E-state index contributed by atoms with van der Waals surface area (Å²) in [6.45, 7) is 4.96. The second-order valence-electron chi connectivity index (χ2n) is 4.47. The molecular formula is C12H23IN4S. The van der Waals surface area contributed by atoms with E-state index in [0.29, 0.717) is 0 Å². The fourth-order valence-electron chi connectivity index (χ4n) is 1.58. The highest BCUT2D eigenvalue weighted by Gasteiger charge is 2.05. The summed E-state index contributed by atoms with van der Waals surface area (Å²) in [4.78, 5) is 14.5. The molecule has 0 aliphatic heterocycles. The standard InChI is InChI=1S/C12H22N4S.HI/c1-9-10(2)17-11(14-9)7-8-13-12(15(3)4)16(5)6;/h7-8H2,1-6H3;1H. The number of halogens is 1. The van der Waals surface area contributed by atoms with Crippen molar-refractivity contribution in [3.05, 3.63) is 15.6 Å². The molecule has 0 radical (unpaired) electrons. The molecule has 0 aliphatic rings. The van der Waals surface area contributed by atoms with Gasteiger partial charge in [0, 0.05) is 46.0 Å². The van der Waals surface area contributed by atoms with E-state index < -0.39 is 0 Å². The Labute approximate surface area is 131 Å². The van der Waals surface area contributed by atoms with Gasteiger partial charge in [0.1, 0.15) is 0 Å². The van der Waals surface area contributed by atoms with E-state index in [-0.39, 0.29) is 24.0 Å². The molecule has 1 aromatic heterocycles. The minimum Gasteiger partial charge on any atom is -0.349 e. The Morgan fingerprint density at radius 3 is 2.11 bits per heavy atom. The zero-order chi connectivity index (χ0) is 13.0. The molecule has 0 atom stereocenters. The van der Waals surface area contributed by atoms with Crippen molar-refractivity contribution >= 4 is 41.3 Å². The molecule has 18 heavy (non-hydrogen) atoms. The summed E-state index contributed by atoms with van der Waals surface area (Å²) in [5.74, 6) is 0.995. The van der Waals surface area contributed by atoms with Crippen molar-refractivity contribution in [3.63, 3.8) is 0 Å². The van der Waals surface area contributed by atoms with Crippen molar-refractivity contribution in [2.24, 2.45) is 4.99 Å². The normalized spacial score (nSPS) is 9.67. The summed E-state index contributed by atoms with van der Waals surface area (Å²) in [7, 11) is 8.04. The first kappa shape index (κ1) is 17.6. The summed E-state index contributed by atoms with van der Waals surface area (Å²) < 4.78 is 0. The molecular weight excluding hydrogens is 359 g/mol. The molecule has 0 amide bonds. The maximum absolute atomic E-state index is 4.59. The molecule has 104 valence electrons. The summed E-state index contributed by atoms with van der Waals surface area (Å²) in [5, 5.41) is 1.18. The van der Waals surface area contributed by atoms with Crippen LogP contribution in [0.15, 0.2) is 4.99 Å². The first-order valence-corrected chi connectivity index (χ1v) is 6.55. The van der Waals surface area contributed by atoms with Gasteiger partial charge in [0.2, 0.25) is 0 Å². The maximum atomic E-state index is 4.59. The number of thiazole rings is 1. The number of hydrogen-bond acceptors (Lipinski definition) is 3. The lowest BCUT2D eigenvalue weighted by molar-refractivity contribution is 0.479. The summed E-state index contributed by atoms with van der Waals surface area (Å²) in [6, 6.07) is 0. The third-order valence-electron chi connectivity index (χ3n) is 2.45. The van der Waals surface area contributed by atoms with Crippen LogP contribution < -0.4 is 0 Å². The molecule has 0 saturated carbocycles. The van der Waals surface area contributed by atoms with Gasteiger partial charge in [-0.25, -0.2) is 4.98 Å². The van der Waals surface area contributed by atoms with E-state index in [1.807, 2.05) is 38.0 Å². The van der Waals surface area contributed by atoms with Crippen LogP contribution in [0.4, 0.5) is 0 Å². The van der Waals surface area contributed by atoms with E-state index in [0.717, 1.165) is 24.6 Å². The van der Waals surface area contributed by atoms with Crippen LogP contribution in [0.3, 0.4) is 0 Å². The third kappa shape index (κ3) is 5.09. The van der Waals surface area contributed by atoms with Gasteiger partial charge >= 0.3 is 0 Å². The Morgan fingerprint density at radius 1 is 1.17 bits per heavy atom. The molecule has 4 nitrogen and oxygen atoms in total. The molecule has 0 aliphatic carbocycles. The Bertz CT molecular complexity index is 369. The van der Waals surface area contributed by atoms with Crippen molar-refractivity contribution in [1.29, 1.82) is 0 Å². The number of nitrogens with zero attached hydrogens (tertiary/aromatic N) is 4. The zero-order valence-electron chi connectivity index (χ0n) is 12.0. The van der Waals surface area contributed by atoms with E-state index in [1.54, 1.807) is 11.3 Å². The molecule has 1 rings (SSSR count). The SMILES string of the molecule is Cc1nc(CCN=C(N(C)C)N(C)C)sc1C.I. The molecule has 1 aromatic rings. The zero-order valence-corrected chi connectivity index (χ0v) is 15.2. The number of guanidine groups is 1. The molecule has 0 aromatic carbocycles. The Balaban J connectivity index is 0.00000289. The number of aromatic nitrogens is 1. The number of aliphatic imine (C=N–C) groups is 1. The smallest absolute Gasteiger partial charge is 0.195 e. The van der Waals surface area contributed by atoms with Gasteiger partial charge in [-0.15, -0.1) is 35.3 Å². The quantitative estimate of drug-likeness (QED) is 0.457. The van der Waals surface area contributed by atoms with E-state index in [9.17, 15) is 0 Å². The van der Waals surface area contributed by atoms with Gasteiger partial charge in [-0.3, -0.25) is 4.99 Å². The summed E-state index contributed by atoms with van der Waals surface area (Å²) >= 11 is 1.78. The van der Waals surface area contributed by atoms with Crippen LogP contribution in [0.1, 0.15) is 15.6 Å². The minimum atomic E-state index is 0. The Kier molecular flexibility index (Phi) is 7.77. The molecule has 0 bridgehead atoms. The van der Waals surface area contributed by atoms with Crippen molar-refractivity contribution in [2.75, 3.05) is 34.7 Å². The maximum Gasteiger partial charge on any atom is 0.195 e. The van der Waals surface area contributed by atoms with Crippen molar-refractivity contribution in [1.82, 2.24) is 14.8 Å². The lowest BCUT2D eigenvalue weighted by atomic mass is 10.4. The first-order valence-electron chi connectivity index (χ1n) is 5.73. The number of hydrogen-bond donors (Lipinski definition) is 0. The fraction of sp³-hybridized carbons (Fsp3) is 0.667. The average Bonchev–Trinajstić information content (AvgIpc) is 2.52. The first-order chi connectivity index (χ1) is 7.91. The van der Waals surface area contributed by atoms with Gasteiger partial charge in [0.25, 0.3) is 0 Å². The van der Waals surface area contributed by atoms with Crippen LogP contribution in [0.2, 0.25) is 0 Å². The highest BCUT2D eigenvalue weighted by molar-refractivity contribution is 14.0. The molecule has 0 spiro atoms. The van der Waals surface area contributed by atoms with Gasteiger partial charge in [0.15, 0.2) is 5.96 Å². The van der Waals surface area contributed by atoms with Crippen LogP contribution >= 0.6 is 35.3 Å². The second kappa shape index (κ2) is 7.93. The molecule has 0 saturated heterocycles. The van der Waals surface area contributed by atoms with Gasteiger partial charge in [-0.2, -0.15) is 0 Å².